The standard InChI is InChI=1S/C16H24N2O4/c1-5-22-16(20)18-14(11(2)3)15(19)17-10-12-8-6-7-9-13(12)21-4/h6-9,11,14H,5,10H2,1-4H3,(H,17,19)(H,18,20)/t14-/m1/s1. The van der Waals surface area contributed by atoms with E-state index in [-0.39, 0.29) is 18.4 Å². The Morgan fingerprint density at radius 1 is 1.23 bits per heavy atom. The zero-order valence-corrected chi connectivity index (χ0v) is 13.5. The van der Waals surface area contributed by atoms with Crippen LogP contribution in [0.15, 0.2) is 24.3 Å². The summed E-state index contributed by atoms with van der Waals surface area (Å²) in [6, 6.07) is 6.80. The summed E-state index contributed by atoms with van der Waals surface area (Å²) in [5.74, 6) is 0.401. The third kappa shape index (κ3) is 5.27. The number of carbonyl (C=O) groups is 2. The molecular formula is C16H24N2O4. The monoisotopic (exact) mass is 308 g/mol. The number of carbonyl (C=O) groups excluding carboxylic acids is 2. The summed E-state index contributed by atoms with van der Waals surface area (Å²) in [7, 11) is 1.58. The summed E-state index contributed by atoms with van der Waals surface area (Å²) in [5, 5.41) is 5.39. The van der Waals surface area contributed by atoms with Gasteiger partial charge in [-0.25, -0.2) is 4.79 Å². The second-order valence-electron chi connectivity index (χ2n) is 5.12. The van der Waals surface area contributed by atoms with Crippen LogP contribution in [0.4, 0.5) is 4.79 Å². The molecule has 0 spiro atoms. The van der Waals surface area contributed by atoms with Gasteiger partial charge in [0.25, 0.3) is 0 Å². The smallest absolute Gasteiger partial charge is 0.407 e. The fourth-order valence-electron chi connectivity index (χ4n) is 1.98. The van der Waals surface area contributed by atoms with Gasteiger partial charge in [0.05, 0.1) is 13.7 Å². The third-order valence-electron chi connectivity index (χ3n) is 3.14. The fraction of sp³-hybridized carbons (Fsp3) is 0.500. The zero-order valence-electron chi connectivity index (χ0n) is 13.5. The van der Waals surface area contributed by atoms with E-state index in [0.29, 0.717) is 12.3 Å². The van der Waals surface area contributed by atoms with Gasteiger partial charge in [0.2, 0.25) is 5.91 Å². The van der Waals surface area contributed by atoms with Crippen LogP contribution in [0.5, 0.6) is 5.75 Å². The van der Waals surface area contributed by atoms with Crippen molar-refractivity contribution in [3.63, 3.8) is 0 Å². The number of nitrogens with one attached hydrogen (secondary N) is 2. The van der Waals surface area contributed by atoms with E-state index in [1.54, 1.807) is 14.0 Å². The molecule has 2 N–H and O–H groups in total. The average molecular weight is 308 g/mol. The Morgan fingerprint density at radius 3 is 2.50 bits per heavy atom. The highest BCUT2D eigenvalue weighted by atomic mass is 16.5. The highest BCUT2D eigenvalue weighted by Gasteiger charge is 2.24. The van der Waals surface area contributed by atoms with Crippen LogP contribution >= 0.6 is 0 Å². The minimum atomic E-state index is -0.645. The van der Waals surface area contributed by atoms with E-state index in [1.165, 1.54) is 0 Å². The van der Waals surface area contributed by atoms with Crippen molar-refractivity contribution >= 4 is 12.0 Å². The van der Waals surface area contributed by atoms with Crippen molar-refractivity contribution in [2.75, 3.05) is 13.7 Å². The number of alkyl carbamates (subject to hydrolysis) is 1. The van der Waals surface area contributed by atoms with Crippen LogP contribution in [0.25, 0.3) is 0 Å². The largest absolute Gasteiger partial charge is 0.496 e. The molecule has 0 aliphatic carbocycles. The number of rotatable bonds is 7. The number of para-hydroxylation sites is 1. The third-order valence-corrected chi connectivity index (χ3v) is 3.14. The Balaban J connectivity index is 2.65. The number of hydrogen-bond donors (Lipinski definition) is 2. The summed E-state index contributed by atoms with van der Waals surface area (Å²) in [4.78, 5) is 23.8. The second kappa shape index (κ2) is 8.92. The van der Waals surface area contributed by atoms with E-state index in [2.05, 4.69) is 10.6 Å². The lowest BCUT2D eigenvalue weighted by Gasteiger charge is -2.21. The van der Waals surface area contributed by atoms with Crippen molar-refractivity contribution in [3.05, 3.63) is 29.8 Å². The first-order chi connectivity index (χ1) is 10.5. The molecule has 22 heavy (non-hydrogen) atoms. The van der Waals surface area contributed by atoms with E-state index >= 15 is 0 Å². The van der Waals surface area contributed by atoms with Gasteiger partial charge in [-0.3, -0.25) is 4.79 Å². The number of benzene rings is 1. The molecule has 0 saturated carbocycles. The topological polar surface area (TPSA) is 76.7 Å². The molecule has 0 unspecified atom stereocenters. The molecule has 122 valence electrons. The molecule has 0 aliphatic heterocycles. The number of methoxy groups -OCH3 is 1. The molecule has 1 aromatic rings. The normalized spacial score (nSPS) is 11.7. The van der Waals surface area contributed by atoms with Gasteiger partial charge in [0.15, 0.2) is 0 Å². The Bertz CT molecular complexity index is 503. The van der Waals surface area contributed by atoms with E-state index in [4.69, 9.17) is 9.47 Å². The molecule has 0 saturated heterocycles. The van der Waals surface area contributed by atoms with Crippen molar-refractivity contribution in [2.24, 2.45) is 5.92 Å². The highest BCUT2D eigenvalue weighted by Crippen LogP contribution is 2.16. The lowest BCUT2D eigenvalue weighted by Crippen LogP contribution is -2.49. The molecule has 6 nitrogen and oxygen atoms in total. The quantitative estimate of drug-likeness (QED) is 0.808. The van der Waals surface area contributed by atoms with E-state index in [9.17, 15) is 9.59 Å². The SMILES string of the molecule is CCOC(=O)N[C@@H](C(=O)NCc1ccccc1OC)C(C)C. The molecule has 0 fully saturated rings. The summed E-state index contributed by atoms with van der Waals surface area (Å²) in [6.45, 7) is 6.03. The molecule has 2 amide bonds. The van der Waals surface area contributed by atoms with Crippen molar-refractivity contribution in [1.29, 1.82) is 0 Å². The molecule has 0 aromatic heterocycles. The highest BCUT2D eigenvalue weighted by molar-refractivity contribution is 5.85. The molecule has 0 bridgehead atoms. The molecule has 0 heterocycles. The van der Waals surface area contributed by atoms with E-state index in [0.717, 1.165) is 5.56 Å². The first kappa shape index (κ1) is 17.8. The van der Waals surface area contributed by atoms with E-state index < -0.39 is 12.1 Å². The Kier molecular flexibility index (Phi) is 7.22. The number of amides is 2. The van der Waals surface area contributed by atoms with Crippen LogP contribution in [0.1, 0.15) is 26.3 Å². The molecule has 6 heteroatoms. The van der Waals surface area contributed by atoms with Crippen LogP contribution in [-0.2, 0) is 16.1 Å². The molecule has 1 rings (SSSR count). The number of ether oxygens (including phenoxy) is 2. The van der Waals surface area contributed by atoms with Gasteiger partial charge in [-0.15, -0.1) is 0 Å². The first-order valence-corrected chi connectivity index (χ1v) is 7.32. The van der Waals surface area contributed by atoms with Crippen LogP contribution in [0.2, 0.25) is 0 Å². The Hall–Kier alpha value is -2.24. The maximum atomic E-state index is 12.3. The predicted molar refractivity (Wildman–Crippen MR) is 83.6 cm³/mol. The lowest BCUT2D eigenvalue weighted by atomic mass is 10.0. The van der Waals surface area contributed by atoms with E-state index in [1.807, 2.05) is 38.1 Å². The second-order valence-corrected chi connectivity index (χ2v) is 5.12. The van der Waals surface area contributed by atoms with Crippen molar-refractivity contribution in [2.45, 2.75) is 33.4 Å². The maximum Gasteiger partial charge on any atom is 0.407 e. The van der Waals surface area contributed by atoms with Gasteiger partial charge in [-0.1, -0.05) is 32.0 Å². The van der Waals surface area contributed by atoms with Crippen LogP contribution in [0, 0.1) is 5.92 Å². The van der Waals surface area contributed by atoms with Gasteiger partial charge >= 0.3 is 6.09 Å². The fourth-order valence-corrected chi connectivity index (χ4v) is 1.98. The van der Waals surface area contributed by atoms with Gasteiger partial charge in [-0.05, 0) is 18.9 Å². The predicted octanol–water partition coefficient (Wildman–Crippen LogP) is 2.08. The lowest BCUT2D eigenvalue weighted by molar-refractivity contribution is -0.124. The summed E-state index contributed by atoms with van der Waals surface area (Å²) >= 11 is 0. The van der Waals surface area contributed by atoms with Crippen molar-refractivity contribution < 1.29 is 19.1 Å². The Morgan fingerprint density at radius 2 is 1.91 bits per heavy atom. The van der Waals surface area contributed by atoms with Crippen LogP contribution in [0.3, 0.4) is 0 Å². The molecule has 1 aromatic carbocycles. The van der Waals surface area contributed by atoms with Crippen LogP contribution < -0.4 is 15.4 Å². The minimum absolute atomic E-state index is 0.0536. The molecular weight excluding hydrogens is 284 g/mol. The molecule has 1 atom stereocenters. The van der Waals surface area contributed by atoms with Crippen LogP contribution in [-0.4, -0.2) is 31.8 Å². The summed E-state index contributed by atoms with van der Waals surface area (Å²) in [5.41, 5.74) is 0.872. The maximum absolute atomic E-state index is 12.3. The minimum Gasteiger partial charge on any atom is -0.496 e. The van der Waals surface area contributed by atoms with Gasteiger partial charge < -0.3 is 20.1 Å². The molecule has 0 aliphatic rings. The van der Waals surface area contributed by atoms with Gasteiger partial charge in [-0.2, -0.15) is 0 Å². The first-order valence-electron chi connectivity index (χ1n) is 7.32. The summed E-state index contributed by atoms with van der Waals surface area (Å²) < 4.78 is 10.1. The van der Waals surface area contributed by atoms with Gasteiger partial charge in [0, 0.05) is 12.1 Å². The van der Waals surface area contributed by atoms with Gasteiger partial charge in [0.1, 0.15) is 11.8 Å². The Labute approximate surface area is 131 Å². The van der Waals surface area contributed by atoms with Crippen molar-refractivity contribution in [1.82, 2.24) is 10.6 Å². The average Bonchev–Trinajstić information content (AvgIpc) is 2.50. The van der Waals surface area contributed by atoms with Crippen molar-refractivity contribution in [3.8, 4) is 5.75 Å². The summed E-state index contributed by atoms with van der Waals surface area (Å²) in [6.07, 6.45) is -0.589. The number of hydrogen-bond acceptors (Lipinski definition) is 4. The molecule has 0 radical (unpaired) electrons. The zero-order chi connectivity index (χ0) is 16.5.